The van der Waals surface area contributed by atoms with Gasteiger partial charge in [-0.05, 0) is 42.5 Å². The van der Waals surface area contributed by atoms with Crippen LogP contribution in [0.15, 0.2) is 18.2 Å². The van der Waals surface area contributed by atoms with Crippen molar-refractivity contribution in [2.75, 3.05) is 13.1 Å². The molecule has 0 amide bonds. The van der Waals surface area contributed by atoms with Crippen molar-refractivity contribution in [3.8, 4) is 0 Å². The smallest absolute Gasteiger partial charge is 0.123 e. The lowest BCUT2D eigenvalue weighted by Crippen LogP contribution is -2.57. The molecule has 1 heterocycles. The maximum absolute atomic E-state index is 13.2. The Hall–Kier alpha value is -0.890. The number of hydrogen-bond donors (Lipinski definition) is 1. The quantitative estimate of drug-likeness (QED) is 0.827. The second kappa shape index (κ2) is 4.17. The number of rotatable bonds is 3. The van der Waals surface area contributed by atoms with Crippen LogP contribution in [-0.4, -0.2) is 13.1 Å². The zero-order valence-electron chi connectivity index (χ0n) is 10.3. The third kappa shape index (κ3) is 1.99. The van der Waals surface area contributed by atoms with Crippen LogP contribution in [0.4, 0.5) is 4.39 Å². The predicted molar refractivity (Wildman–Crippen MR) is 65.0 cm³/mol. The van der Waals surface area contributed by atoms with Gasteiger partial charge in [0.25, 0.3) is 0 Å². The first-order valence-corrected chi connectivity index (χ1v) is 5.99. The average molecular weight is 221 g/mol. The standard InChI is InChI=1S/C14H20FN/c1-10(2)14(8-16-9-14)7-12-6-13(15)5-4-11(12)3/h4-6,10,16H,7-9H2,1-3H3. The van der Waals surface area contributed by atoms with Crippen LogP contribution in [-0.2, 0) is 6.42 Å². The molecule has 16 heavy (non-hydrogen) atoms. The maximum atomic E-state index is 13.2. The number of hydrogen-bond acceptors (Lipinski definition) is 1. The maximum Gasteiger partial charge on any atom is 0.123 e. The van der Waals surface area contributed by atoms with E-state index in [-0.39, 0.29) is 5.82 Å². The van der Waals surface area contributed by atoms with Crippen molar-refractivity contribution in [2.24, 2.45) is 11.3 Å². The molecule has 1 aromatic rings. The van der Waals surface area contributed by atoms with Crippen LogP contribution in [0.5, 0.6) is 0 Å². The molecule has 1 N–H and O–H groups in total. The molecule has 2 rings (SSSR count). The summed E-state index contributed by atoms with van der Waals surface area (Å²) in [4.78, 5) is 0. The van der Waals surface area contributed by atoms with Gasteiger partial charge in [-0.2, -0.15) is 0 Å². The van der Waals surface area contributed by atoms with Gasteiger partial charge in [-0.25, -0.2) is 4.39 Å². The third-order valence-corrected chi connectivity index (χ3v) is 4.03. The molecule has 0 bridgehead atoms. The normalized spacial score (nSPS) is 18.6. The zero-order valence-corrected chi connectivity index (χ0v) is 10.3. The first-order chi connectivity index (χ1) is 7.53. The molecule has 1 aromatic carbocycles. The SMILES string of the molecule is Cc1ccc(F)cc1CC1(C(C)C)CNC1. The van der Waals surface area contributed by atoms with Crippen LogP contribution in [0.1, 0.15) is 25.0 Å². The summed E-state index contributed by atoms with van der Waals surface area (Å²) < 4.78 is 13.2. The molecule has 0 aliphatic carbocycles. The molecule has 1 aliphatic heterocycles. The molecule has 1 fully saturated rings. The second-order valence-corrected chi connectivity index (χ2v) is 5.37. The van der Waals surface area contributed by atoms with E-state index >= 15 is 0 Å². The lowest BCUT2D eigenvalue weighted by atomic mass is 9.68. The van der Waals surface area contributed by atoms with E-state index in [1.807, 2.05) is 6.07 Å². The minimum absolute atomic E-state index is 0.119. The van der Waals surface area contributed by atoms with Gasteiger partial charge in [0, 0.05) is 18.5 Å². The van der Waals surface area contributed by atoms with Gasteiger partial charge in [0.05, 0.1) is 0 Å². The summed E-state index contributed by atoms with van der Waals surface area (Å²) in [7, 11) is 0. The van der Waals surface area contributed by atoms with Gasteiger partial charge in [0.2, 0.25) is 0 Å². The molecule has 0 radical (unpaired) electrons. The fourth-order valence-electron chi connectivity index (χ4n) is 2.39. The van der Waals surface area contributed by atoms with Crippen molar-refractivity contribution < 1.29 is 4.39 Å². The molecule has 1 nitrogen and oxygen atoms in total. The molecule has 0 aromatic heterocycles. The fraction of sp³-hybridized carbons (Fsp3) is 0.571. The molecular formula is C14H20FN. The van der Waals surface area contributed by atoms with Crippen LogP contribution in [0, 0.1) is 24.1 Å². The van der Waals surface area contributed by atoms with Crippen molar-refractivity contribution in [1.82, 2.24) is 5.32 Å². The van der Waals surface area contributed by atoms with Crippen LogP contribution in [0.2, 0.25) is 0 Å². The summed E-state index contributed by atoms with van der Waals surface area (Å²) in [6.45, 7) is 8.70. The lowest BCUT2D eigenvalue weighted by Gasteiger charge is -2.46. The third-order valence-electron chi connectivity index (χ3n) is 4.03. The van der Waals surface area contributed by atoms with Gasteiger partial charge in [-0.15, -0.1) is 0 Å². The van der Waals surface area contributed by atoms with Crippen molar-refractivity contribution in [3.63, 3.8) is 0 Å². The van der Waals surface area contributed by atoms with Crippen LogP contribution < -0.4 is 5.32 Å². The average Bonchev–Trinajstić information content (AvgIpc) is 2.16. The molecule has 0 unspecified atom stereocenters. The Kier molecular flexibility index (Phi) is 3.02. The summed E-state index contributed by atoms with van der Waals surface area (Å²) in [6.07, 6.45) is 0.987. The Morgan fingerprint density at radius 3 is 2.56 bits per heavy atom. The Morgan fingerprint density at radius 1 is 1.38 bits per heavy atom. The minimum Gasteiger partial charge on any atom is -0.315 e. The van der Waals surface area contributed by atoms with Crippen molar-refractivity contribution >= 4 is 0 Å². The van der Waals surface area contributed by atoms with Crippen LogP contribution >= 0.6 is 0 Å². The topological polar surface area (TPSA) is 12.0 Å². The minimum atomic E-state index is -0.119. The first-order valence-electron chi connectivity index (χ1n) is 5.99. The summed E-state index contributed by atoms with van der Waals surface area (Å²) in [5, 5.41) is 3.34. The van der Waals surface area contributed by atoms with E-state index in [1.165, 1.54) is 5.56 Å². The lowest BCUT2D eigenvalue weighted by molar-refractivity contribution is 0.0992. The highest BCUT2D eigenvalue weighted by Crippen LogP contribution is 2.36. The van der Waals surface area contributed by atoms with Gasteiger partial charge < -0.3 is 5.32 Å². The predicted octanol–water partition coefficient (Wildman–Crippen LogP) is 2.92. The fourth-order valence-corrected chi connectivity index (χ4v) is 2.39. The van der Waals surface area contributed by atoms with E-state index < -0.39 is 0 Å². The highest BCUT2D eigenvalue weighted by Gasteiger charge is 2.39. The molecule has 0 saturated carbocycles. The first kappa shape index (κ1) is 11.6. The van der Waals surface area contributed by atoms with E-state index in [0.29, 0.717) is 11.3 Å². The zero-order chi connectivity index (χ0) is 11.8. The largest absolute Gasteiger partial charge is 0.315 e. The molecule has 0 atom stereocenters. The second-order valence-electron chi connectivity index (χ2n) is 5.37. The molecular weight excluding hydrogens is 201 g/mol. The Morgan fingerprint density at radius 2 is 2.06 bits per heavy atom. The number of aryl methyl sites for hydroxylation is 1. The van der Waals surface area contributed by atoms with Gasteiger partial charge >= 0.3 is 0 Å². The Balaban J connectivity index is 2.22. The van der Waals surface area contributed by atoms with E-state index in [0.717, 1.165) is 25.1 Å². The molecule has 2 heteroatoms. The Bertz CT molecular complexity index is 380. The van der Waals surface area contributed by atoms with Gasteiger partial charge in [-0.3, -0.25) is 0 Å². The van der Waals surface area contributed by atoms with Crippen molar-refractivity contribution in [3.05, 3.63) is 35.1 Å². The molecule has 1 aliphatic rings. The summed E-state index contributed by atoms with van der Waals surface area (Å²) in [5.41, 5.74) is 2.70. The summed E-state index contributed by atoms with van der Waals surface area (Å²) in [6, 6.07) is 5.11. The van der Waals surface area contributed by atoms with E-state index in [9.17, 15) is 4.39 Å². The number of nitrogens with one attached hydrogen (secondary N) is 1. The number of halogens is 1. The molecule has 1 saturated heterocycles. The summed E-state index contributed by atoms with van der Waals surface area (Å²) >= 11 is 0. The van der Waals surface area contributed by atoms with E-state index in [2.05, 4.69) is 26.1 Å². The van der Waals surface area contributed by atoms with Crippen molar-refractivity contribution in [1.29, 1.82) is 0 Å². The highest BCUT2D eigenvalue weighted by atomic mass is 19.1. The van der Waals surface area contributed by atoms with Gasteiger partial charge in [0.1, 0.15) is 5.82 Å². The number of benzene rings is 1. The molecule has 0 spiro atoms. The monoisotopic (exact) mass is 221 g/mol. The van der Waals surface area contributed by atoms with E-state index in [1.54, 1.807) is 12.1 Å². The van der Waals surface area contributed by atoms with Crippen LogP contribution in [0.3, 0.4) is 0 Å². The summed E-state index contributed by atoms with van der Waals surface area (Å²) in [5.74, 6) is 0.517. The van der Waals surface area contributed by atoms with Gasteiger partial charge in [-0.1, -0.05) is 19.9 Å². The van der Waals surface area contributed by atoms with Gasteiger partial charge in [0.15, 0.2) is 0 Å². The molecule has 88 valence electrons. The van der Waals surface area contributed by atoms with Crippen molar-refractivity contribution in [2.45, 2.75) is 27.2 Å². The Labute approximate surface area is 97.1 Å². The van der Waals surface area contributed by atoms with Crippen LogP contribution in [0.25, 0.3) is 0 Å². The highest BCUT2D eigenvalue weighted by molar-refractivity contribution is 5.28. The van der Waals surface area contributed by atoms with E-state index in [4.69, 9.17) is 0 Å².